The first kappa shape index (κ1) is 15.2. The summed E-state index contributed by atoms with van der Waals surface area (Å²) in [6.07, 6.45) is 3.65. The van der Waals surface area contributed by atoms with Crippen LogP contribution in [0.1, 0.15) is 33.6 Å². The van der Waals surface area contributed by atoms with Gasteiger partial charge in [-0.05, 0) is 19.3 Å². The number of hydrogen-bond acceptors (Lipinski definition) is 2. The summed E-state index contributed by atoms with van der Waals surface area (Å²) in [5.41, 5.74) is 0. The molecule has 0 bridgehead atoms. The van der Waals surface area contributed by atoms with Crippen molar-refractivity contribution in [1.82, 2.24) is 0 Å². The molecule has 0 amide bonds. The van der Waals surface area contributed by atoms with Crippen LogP contribution in [-0.4, -0.2) is 22.2 Å². The van der Waals surface area contributed by atoms with E-state index in [2.05, 4.69) is 0 Å². The number of hydrogen-bond donors (Lipinski definition) is 2. The second-order valence-corrected chi connectivity index (χ2v) is 3.16. The number of aliphatic carboxylic acids is 2. The van der Waals surface area contributed by atoms with Crippen LogP contribution in [-0.2, 0) is 9.59 Å². The van der Waals surface area contributed by atoms with Gasteiger partial charge in [-0.2, -0.15) is 0 Å². The van der Waals surface area contributed by atoms with E-state index in [4.69, 9.17) is 10.2 Å². The number of carboxylic acids is 2. The Balaban J connectivity index is 0. The van der Waals surface area contributed by atoms with Crippen molar-refractivity contribution >= 4 is 11.9 Å². The molecule has 4 nitrogen and oxygen atoms in total. The predicted octanol–water partition coefficient (Wildman–Crippen LogP) is 2.15. The lowest BCUT2D eigenvalue weighted by Gasteiger charge is -1.97. The van der Waals surface area contributed by atoms with Crippen LogP contribution in [0, 0.1) is 5.92 Å². The highest BCUT2D eigenvalue weighted by atomic mass is 16.4. The van der Waals surface area contributed by atoms with E-state index in [1.54, 1.807) is 6.92 Å². The second kappa shape index (κ2) is 9.77. The van der Waals surface area contributed by atoms with Crippen LogP contribution in [0.25, 0.3) is 0 Å². The monoisotopic (exact) mass is 202 g/mol. The average Bonchev–Trinajstić information content (AvgIpc) is 2.01. The molecule has 0 saturated carbocycles. The summed E-state index contributed by atoms with van der Waals surface area (Å²) in [4.78, 5) is 19.4. The van der Waals surface area contributed by atoms with Gasteiger partial charge in [-0.25, -0.2) is 4.79 Å². The third kappa shape index (κ3) is 22.4. The Labute approximate surface area is 84.3 Å². The fourth-order valence-corrected chi connectivity index (χ4v) is 0.555. The van der Waals surface area contributed by atoms with Crippen molar-refractivity contribution in [3.8, 4) is 0 Å². The molecule has 0 fully saturated rings. The zero-order valence-electron chi connectivity index (χ0n) is 8.86. The molecule has 0 aliphatic carbocycles. The zero-order chi connectivity index (χ0) is 11.6. The van der Waals surface area contributed by atoms with E-state index >= 15 is 0 Å². The summed E-state index contributed by atoms with van der Waals surface area (Å²) in [6, 6.07) is 0. The molecular weight excluding hydrogens is 184 g/mol. The Morgan fingerprint density at radius 1 is 1.29 bits per heavy atom. The third-order valence-corrected chi connectivity index (χ3v) is 1.24. The van der Waals surface area contributed by atoms with Crippen molar-refractivity contribution in [2.24, 2.45) is 5.92 Å². The lowest BCUT2D eigenvalue weighted by atomic mass is 10.1. The van der Waals surface area contributed by atoms with Crippen molar-refractivity contribution in [3.63, 3.8) is 0 Å². The minimum absolute atomic E-state index is 0.303. The van der Waals surface area contributed by atoms with Gasteiger partial charge in [-0.3, -0.25) is 4.79 Å². The number of carboxylic acid groups (broad SMARTS) is 2. The van der Waals surface area contributed by atoms with Crippen molar-refractivity contribution in [2.45, 2.75) is 33.6 Å². The standard InChI is InChI=1S/C6H12O2.C4H6O2/c1-5(2)3-4-6(7)8;1-2-3-4(5)6/h5H,3-4H2,1-2H3,(H,7,8);2-3H,1H3,(H,5,6)/b;3-2+. The summed E-state index contributed by atoms with van der Waals surface area (Å²) in [7, 11) is 0. The van der Waals surface area contributed by atoms with E-state index in [1.807, 2.05) is 13.8 Å². The van der Waals surface area contributed by atoms with Gasteiger partial charge in [-0.1, -0.05) is 19.9 Å². The highest BCUT2D eigenvalue weighted by Gasteiger charge is 1.97. The van der Waals surface area contributed by atoms with Gasteiger partial charge in [0, 0.05) is 12.5 Å². The van der Waals surface area contributed by atoms with Gasteiger partial charge < -0.3 is 10.2 Å². The quantitative estimate of drug-likeness (QED) is 0.685. The molecule has 0 spiro atoms. The molecule has 0 radical (unpaired) electrons. The molecular formula is C10H18O4. The normalized spacial score (nSPS) is 9.71. The minimum Gasteiger partial charge on any atom is -0.481 e. The summed E-state index contributed by atoms with van der Waals surface area (Å²) in [5.74, 6) is -1.08. The number of carbonyl (C=O) groups is 2. The molecule has 0 saturated heterocycles. The van der Waals surface area contributed by atoms with E-state index in [1.165, 1.54) is 6.08 Å². The molecule has 0 aromatic rings. The summed E-state index contributed by atoms with van der Waals surface area (Å²) in [5, 5.41) is 16.0. The molecule has 0 atom stereocenters. The zero-order valence-corrected chi connectivity index (χ0v) is 8.86. The molecule has 0 aromatic carbocycles. The highest BCUT2D eigenvalue weighted by molar-refractivity contribution is 5.79. The molecule has 0 aromatic heterocycles. The highest BCUT2D eigenvalue weighted by Crippen LogP contribution is 2.01. The molecule has 0 unspecified atom stereocenters. The maximum atomic E-state index is 9.90. The van der Waals surface area contributed by atoms with Crippen molar-refractivity contribution < 1.29 is 19.8 Å². The Morgan fingerprint density at radius 3 is 1.86 bits per heavy atom. The third-order valence-electron chi connectivity index (χ3n) is 1.24. The summed E-state index contributed by atoms with van der Waals surface area (Å²) in [6.45, 7) is 5.69. The molecule has 0 heterocycles. The Morgan fingerprint density at radius 2 is 1.79 bits per heavy atom. The Bertz CT molecular complexity index is 194. The topological polar surface area (TPSA) is 74.6 Å². The molecule has 4 heteroatoms. The Hall–Kier alpha value is -1.32. The molecule has 0 aliphatic rings. The lowest BCUT2D eigenvalue weighted by molar-refractivity contribution is -0.137. The van der Waals surface area contributed by atoms with E-state index in [0.29, 0.717) is 12.3 Å². The predicted molar refractivity (Wildman–Crippen MR) is 54.2 cm³/mol. The molecule has 2 N–H and O–H groups in total. The van der Waals surface area contributed by atoms with Crippen LogP contribution in [0.15, 0.2) is 12.2 Å². The van der Waals surface area contributed by atoms with Gasteiger partial charge in [0.15, 0.2) is 0 Å². The van der Waals surface area contributed by atoms with E-state index in [9.17, 15) is 9.59 Å². The number of rotatable bonds is 4. The summed E-state index contributed by atoms with van der Waals surface area (Å²) >= 11 is 0. The van der Waals surface area contributed by atoms with Crippen LogP contribution in [0.3, 0.4) is 0 Å². The first-order chi connectivity index (χ1) is 6.40. The molecule has 0 rings (SSSR count). The van der Waals surface area contributed by atoms with E-state index in [0.717, 1.165) is 12.5 Å². The van der Waals surface area contributed by atoms with Gasteiger partial charge in [0.2, 0.25) is 0 Å². The van der Waals surface area contributed by atoms with Crippen LogP contribution < -0.4 is 0 Å². The van der Waals surface area contributed by atoms with Crippen molar-refractivity contribution in [3.05, 3.63) is 12.2 Å². The van der Waals surface area contributed by atoms with Gasteiger partial charge >= 0.3 is 11.9 Å². The van der Waals surface area contributed by atoms with Gasteiger partial charge in [-0.15, -0.1) is 0 Å². The fourth-order valence-electron chi connectivity index (χ4n) is 0.555. The first-order valence-corrected chi connectivity index (χ1v) is 4.47. The van der Waals surface area contributed by atoms with Gasteiger partial charge in [0.05, 0.1) is 0 Å². The van der Waals surface area contributed by atoms with Crippen LogP contribution in [0.2, 0.25) is 0 Å². The fraction of sp³-hybridized carbons (Fsp3) is 0.600. The lowest BCUT2D eigenvalue weighted by Crippen LogP contribution is -1.97. The van der Waals surface area contributed by atoms with Crippen LogP contribution in [0.4, 0.5) is 0 Å². The first-order valence-electron chi connectivity index (χ1n) is 4.47. The maximum Gasteiger partial charge on any atom is 0.327 e. The van der Waals surface area contributed by atoms with Gasteiger partial charge in [0.25, 0.3) is 0 Å². The largest absolute Gasteiger partial charge is 0.481 e. The molecule has 0 aliphatic heterocycles. The van der Waals surface area contributed by atoms with E-state index < -0.39 is 11.9 Å². The smallest absolute Gasteiger partial charge is 0.327 e. The maximum absolute atomic E-state index is 9.90. The molecule has 14 heavy (non-hydrogen) atoms. The van der Waals surface area contributed by atoms with E-state index in [-0.39, 0.29) is 0 Å². The van der Waals surface area contributed by atoms with Crippen LogP contribution >= 0.6 is 0 Å². The van der Waals surface area contributed by atoms with Crippen molar-refractivity contribution in [2.75, 3.05) is 0 Å². The Kier molecular flexibility index (Phi) is 10.6. The number of allylic oxidation sites excluding steroid dienone is 1. The second-order valence-electron chi connectivity index (χ2n) is 3.16. The molecule has 82 valence electrons. The summed E-state index contributed by atoms with van der Waals surface area (Å²) < 4.78 is 0. The van der Waals surface area contributed by atoms with Crippen molar-refractivity contribution in [1.29, 1.82) is 0 Å². The SMILES string of the molecule is C/C=C/C(=O)O.CC(C)CCC(=O)O. The minimum atomic E-state index is -0.891. The van der Waals surface area contributed by atoms with Gasteiger partial charge in [0.1, 0.15) is 0 Å². The average molecular weight is 202 g/mol. The van der Waals surface area contributed by atoms with Crippen LogP contribution in [0.5, 0.6) is 0 Å².